The maximum Gasteiger partial charge on any atom is 0.178 e. The predicted octanol–water partition coefficient (Wildman–Crippen LogP) is 3.73. The summed E-state index contributed by atoms with van der Waals surface area (Å²) in [4.78, 5) is 24.1. The highest BCUT2D eigenvalue weighted by molar-refractivity contribution is 6.01. The molecule has 0 aliphatic heterocycles. The van der Waals surface area contributed by atoms with Gasteiger partial charge in [0.05, 0.1) is 6.10 Å². The summed E-state index contributed by atoms with van der Waals surface area (Å²) in [6, 6.07) is 0. The van der Waals surface area contributed by atoms with Gasteiger partial charge in [0, 0.05) is 16.7 Å². The third-order valence-corrected chi connectivity index (χ3v) is 7.93. The van der Waals surface area contributed by atoms with Gasteiger partial charge in [-0.05, 0) is 62.7 Å². The van der Waals surface area contributed by atoms with E-state index in [1.54, 1.807) is 19.1 Å². The molecule has 26 heavy (non-hydrogen) atoms. The number of fused-ring (bicyclic) bond motifs is 5. The van der Waals surface area contributed by atoms with E-state index in [0.29, 0.717) is 12.8 Å². The second kappa shape index (κ2) is 5.25. The second-order valence-electron chi connectivity index (χ2n) is 9.20. The summed E-state index contributed by atoms with van der Waals surface area (Å²) in [6.45, 7) is 7.44. The largest absolute Gasteiger partial charge is 0.390 e. The first-order valence-electron chi connectivity index (χ1n) is 9.59. The molecule has 140 valence electrons. The van der Waals surface area contributed by atoms with Crippen LogP contribution >= 0.6 is 0 Å². The van der Waals surface area contributed by atoms with E-state index in [1.807, 2.05) is 26.8 Å². The molecule has 0 saturated heterocycles. The molecular formula is C22H27FO3. The lowest BCUT2D eigenvalue weighted by atomic mass is 9.43. The Morgan fingerprint density at radius 3 is 2.65 bits per heavy atom. The van der Waals surface area contributed by atoms with E-state index in [9.17, 15) is 14.7 Å². The first-order chi connectivity index (χ1) is 12.1. The van der Waals surface area contributed by atoms with Crippen molar-refractivity contribution in [3.05, 3.63) is 35.5 Å². The van der Waals surface area contributed by atoms with Crippen LogP contribution in [0.25, 0.3) is 0 Å². The van der Waals surface area contributed by atoms with Crippen LogP contribution in [0.4, 0.5) is 4.39 Å². The number of allylic oxidation sites excluding steroid dienone is 6. The molecule has 0 spiro atoms. The molecule has 4 aliphatic rings. The summed E-state index contributed by atoms with van der Waals surface area (Å²) in [6.07, 6.45) is 6.99. The topological polar surface area (TPSA) is 54.4 Å². The highest BCUT2D eigenvalue weighted by Gasteiger charge is 2.70. The molecule has 4 aliphatic carbocycles. The van der Waals surface area contributed by atoms with E-state index >= 15 is 4.39 Å². The third-order valence-electron chi connectivity index (χ3n) is 7.93. The zero-order valence-corrected chi connectivity index (χ0v) is 15.9. The maximum atomic E-state index is 16.8. The first-order valence-corrected chi connectivity index (χ1v) is 9.59. The minimum Gasteiger partial charge on any atom is -0.390 e. The van der Waals surface area contributed by atoms with Crippen LogP contribution in [0, 0.1) is 28.6 Å². The van der Waals surface area contributed by atoms with Crippen molar-refractivity contribution in [2.75, 3.05) is 0 Å². The Balaban J connectivity index is 1.85. The lowest BCUT2D eigenvalue weighted by Crippen LogP contribution is -2.67. The number of hydrogen-bond donors (Lipinski definition) is 1. The Kier molecular flexibility index (Phi) is 3.60. The number of rotatable bonds is 1. The summed E-state index contributed by atoms with van der Waals surface area (Å²) in [5.74, 6) is -0.366. The molecule has 0 aromatic carbocycles. The number of carbonyl (C=O) groups excluding carboxylic acids is 2. The van der Waals surface area contributed by atoms with Crippen LogP contribution in [-0.4, -0.2) is 28.4 Å². The predicted molar refractivity (Wildman–Crippen MR) is 97.0 cm³/mol. The molecule has 0 bridgehead atoms. The number of carbonyl (C=O) groups is 2. The number of halogens is 1. The Bertz CT molecular complexity index is 793. The molecule has 0 amide bonds. The molecule has 0 aromatic rings. The average Bonchev–Trinajstić information content (AvgIpc) is 2.89. The van der Waals surface area contributed by atoms with Crippen LogP contribution in [-0.2, 0) is 9.59 Å². The molecule has 2 saturated carbocycles. The first kappa shape index (κ1) is 17.8. The molecule has 0 radical (unpaired) electrons. The van der Waals surface area contributed by atoms with E-state index < -0.39 is 22.6 Å². The minimum atomic E-state index is -1.83. The summed E-state index contributed by atoms with van der Waals surface area (Å²) in [5.41, 5.74) is -1.74. The second-order valence-corrected chi connectivity index (χ2v) is 9.20. The highest BCUT2D eigenvalue weighted by atomic mass is 19.1. The number of aliphatic hydroxyl groups is 1. The van der Waals surface area contributed by atoms with Gasteiger partial charge in [-0.15, -0.1) is 0 Å². The van der Waals surface area contributed by atoms with E-state index in [4.69, 9.17) is 0 Å². The number of ketones is 2. The van der Waals surface area contributed by atoms with Crippen molar-refractivity contribution in [2.24, 2.45) is 28.6 Å². The van der Waals surface area contributed by atoms with Gasteiger partial charge in [-0.2, -0.15) is 0 Å². The van der Waals surface area contributed by atoms with Crippen molar-refractivity contribution >= 4 is 11.6 Å². The smallest absolute Gasteiger partial charge is 0.178 e. The standard InChI is InChI=1S/C22H27FO3/c1-12-9-18-16-6-5-15(13(2)24)20(16,3)11-19(26)22(18,23)21(4)8-7-14(25)10-17(12)21/h5,7-8,10,12,16,18-19,26H,6,9,11H2,1-4H3/t12-,16-,18-,19-,20+,21-,22-/m0/s1. The van der Waals surface area contributed by atoms with Gasteiger partial charge in [-0.3, -0.25) is 9.59 Å². The number of alkyl halides is 1. The Morgan fingerprint density at radius 2 is 2.00 bits per heavy atom. The fourth-order valence-corrected chi connectivity index (χ4v) is 6.72. The van der Waals surface area contributed by atoms with E-state index in [1.165, 1.54) is 6.08 Å². The van der Waals surface area contributed by atoms with Crippen LogP contribution < -0.4 is 0 Å². The molecule has 1 N–H and O–H groups in total. The van der Waals surface area contributed by atoms with E-state index in [0.717, 1.165) is 11.1 Å². The molecule has 0 heterocycles. The minimum absolute atomic E-state index is 0.00153. The fraction of sp³-hybridized carbons (Fsp3) is 0.636. The molecule has 0 aromatic heterocycles. The molecule has 4 rings (SSSR count). The average molecular weight is 358 g/mol. The molecular weight excluding hydrogens is 331 g/mol. The van der Waals surface area contributed by atoms with Crippen molar-refractivity contribution in [2.45, 2.75) is 58.7 Å². The Labute approximate surface area is 154 Å². The van der Waals surface area contributed by atoms with Crippen molar-refractivity contribution in [1.29, 1.82) is 0 Å². The number of aliphatic hydroxyl groups excluding tert-OH is 1. The molecule has 4 heteroatoms. The monoisotopic (exact) mass is 358 g/mol. The highest BCUT2D eigenvalue weighted by Crippen LogP contribution is 2.68. The third kappa shape index (κ3) is 1.91. The van der Waals surface area contributed by atoms with Crippen LogP contribution in [0.3, 0.4) is 0 Å². The zero-order valence-electron chi connectivity index (χ0n) is 15.9. The summed E-state index contributed by atoms with van der Waals surface area (Å²) >= 11 is 0. The van der Waals surface area contributed by atoms with Gasteiger partial charge in [-0.1, -0.05) is 31.6 Å². The molecule has 2 fully saturated rings. The normalized spacial score (nSPS) is 49.7. The Morgan fingerprint density at radius 1 is 1.31 bits per heavy atom. The molecule has 7 atom stereocenters. The Hall–Kier alpha value is -1.55. The summed E-state index contributed by atoms with van der Waals surface area (Å²) in [5, 5.41) is 11.1. The van der Waals surface area contributed by atoms with Crippen molar-refractivity contribution in [3.8, 4) is 0 Å². The quantitative estimate of drug-likeness (QED) is 0.777. The summed E-state index contributed by atoms with van der Waals surface area (Å²) < 4.78 is 16.8. The van der Waals surface area contributed by atoms with Crippen molar-refractivity contribution in [1.82, 2.24) is 0 Å². The van der Waals surface area contributed by atoms with Crippen LogP contribution in [0.1, 0.15) is 47.0 Å². The molecule has 0 unspecified atom stereocenters. The van der Waals surface area contributed by atoms with E-state index in [2.05, 4.69) is 0 Å². The van der Waals surface area contributed by atoms with E-state index in [-0.39, 0.29) is 35.7 Å². The van der Waals surface area contributed by atoms with Crippen LogP contribution in [0.5, 0.6) is 0 Å². The van der Waals surface area contributed by atoms with Gasteiger partial charge >= 0.3 is 0 Å². The van der Waals surface area contributed by atoms with Gasteiger partial charge in [0.25, 0.3) is 0 Å². The van der Waals surface area contributed by atoms with Gasteiger partial charge in [0.1, 0.15) is 0 Å². The van der Waals surface area contributed by atoms with Gasteiger partial charge in [-0.25, -0.2) is 4.39 Å². The lowest BCUT2D eigenvalue weighted by molar-refractivity contribution is -0.191. The maximum absolute atomic E-state index is 16.8. The molecule has 3 nitrogen and oxygen atoms in total. The van der Waals surface area contributed by atoms with Crippen molar-refractivity contribution in [3.63, 3.8) is 0 Å². The van der Waals surface area contributed by atoms with Gasteiger partial charge in [0.2, 0.25) is 0 Å². The van der Waals surface area contributed by atoms with Crippen LogP contribution in [0.2, 0.25) is 0 Å². The number of hydrogen-bond acceptors (Lipinski definition) is 3. The summed E-state index contributed by atoms with van der Waals surface area (Å²) in [7, 11) is 0. The van der Waals surface area contributed by atoms with Crippen LogP contribution in [0.15, 0.2) is 35.5 Å². The van der Waals surface area contributed by atoms with Gasteiger partial charge < -0.3 is 5.11 Å². The SMILES string of the molecule is CC(=O)C1=CC[C@H]2[C@@H]3C[C@H](C)C4=CC(=O)C=C[C@]4(C)[C@@]3(F)[C@@H](O)C[C@]12C. The van der Waals surface area contributed by atoms with Gasteiger partial charge in [0.15, 0.2) is 17.2 Å². The fourth-order valence-electron chi connectivity index (χ4n) is 6.72. The lowest BCUT2D eigenvalue weighted by Gasteiger charge is -2.63. The van der Waals surface area contributed by atoms with Crippen molar-refractivity contribution < 1.29 is 19.1 Å². The number of Topliss-reactive ketones (excluding diaryl/α,β-unsaturated/α-hetero) is 1. The zero-order chi connectivity index (χ0) is 19.1.